The van der Waals surface area contributed by atoms with Gasteiger partial charge in [-0.3, -0.25) is 0 Å². The van der Waals surface area contributed by atoms with Crippen LogP contribution >= 0.6 is 0 Å². The van der Waals surface area contributed by atoms with Gasteiger partial charge in [-0.05, 0) is 26.0 Å². The summed E-state index contributed by atoms with van der Waals surface area (Å²) in [6.45, 7) is 3.41. The first-order valence-electron chi connectivity index (χ1n) is 5.92. The molecule has 0 fully saturated rings. The van der Waals surface area contributed by atoms with Crippen molar-refractivity contribution in [3.8, 4) is 30.0 Å². The van der Waals surface area contributed by atoms with Gasteiger partial charge in [0.05, 0.1) is 39.3 Å². The number of rotatable bonds is 1. The maximum Gasteiger partial charge on any atom is 0.103 e. The van der Waals surface area contributed by atoms with E-state index in [4.69, 9.17) is 15.8 Å². The lowest BCUT2D eigenvalue weighted by molar-refractivity contribution is 0.830. The van der Waals surface area contributed by atoms with Gasteiger partial charge in [-0.1, -0.05) is 0 Å². The third kappa shape index (κ3) is 2.08. The largest absolute Gasteiger partial charge is 0.235 e. The maximum absolute atomic E-state index is 9.24. The van der Waals surface area contributed by atoms with Crippen LogP contribution in [0.15, 0.2) is 12.1 Å². The van der Waals surface area contributed by atoms with E-state index in [1.54, 1.807) is 13.8 Å². The molecule has 0 spiro atoms. The van der Waals surface area contributed by atoms with Gasteiger partial charge < -0.3 is 0 Å². The van der Waals surface area contributed by atoms with Crippen molar-refractivity contribution >= 4 is 0 Å². The molecule has 0 bridgehead atoms. The van der Waals surface area contributed by atoms with Gasteiger partial charge in [-0.15, -0.1) is 0 Å². The van der Waals surface area contributed by atoms with Gasteiger partial charge in [0.1, 0.15) is 24.3 Å². The number of hydrogen-bond donors (Lipinski definition) is 0. The van der Waals surface area contributed by atoms with Crippen molar-refractivity contribution in [1.29, 1.82) is 21.0 Å². The highest BCUT2D eigenvalue weighted by molar-refractivity contribution is 5.60. The van der Waals surface area contributed by atoms with Crippen molar-refractivity contribution in [2.75, 3.05) is 0 Å². The Morgan fingerprint density at radius 1 is 0.857 bits per heavy atom. The summed E-state index contributed by atoms with van der Waals surface area (Å²) in [5, 5.41) is 40.7. The first-order chi connectivity index (χ1) is 10.1. The Kier molecular flexibility index (Phi) is 3.40. The van der Waals surface area contributed by atoms with E-state index < -0.39 is 0 Å². The number of hydrogen-bond acceptors (Lipinski definition) is 5. The number of nitriles is 4. The van der Waals surface area contributed by atoms with Crippen molar-refractivity contribution in [1.82, 2.24) is 9.78 Å². The fourth-order valence-corrected chi connectivity index (χ4v) is 2.08. The number of aromatic nitrogens is 2. The second-order valence-electron chi connectivity index (χ2n) is 4.32. The zero-order valence-electron chi connectivity index (χ0n) is 11.3. The molecule has 0 radical (unpaired) electrons. The van der Waals surface area contributed by atoms with Crippen LogP contribution in [-0.2, 0) is 0 Å². The van der Waals surface area contributed by atoms with E-state index >= 15 is 0 Å². The van der Waals surface area contributed by atoms with E-state index in [1.165, 1.54) is 16.8 Å². The summed E-state index contributed by atoms with van der Waals surface area (Å²) in [4.78, 5) is 0. The third-order valence-corrected chi connectivity index (χ3v) is 3.13. The monoisotopic (exact) mass is 272 g/mol. The lowest BCUT2D eigenvalue weighted by Gasteiger charge is -2.08. The first kappa shape index (κ1) is 13.8. The van der Waals surface area contributed by atoms with Gasteiger partial charge in [0.25, 0.3) is 0 Å². The summed E-state index contributed by atoms with van der Waals surface area (Å²) < 4.78 is 1.45. The third-order valence-electron chi connectivity index (χ3n) is 3.13. The Balaban J connectivity index is 2.84. The van der Waals surface area contributed by atoms with E-state index in [9.17, 15) is 5.26 Å². The van der Waals surface area contributed by atoms with Crippen LogP contribution in [0.5, 0.6) is 0 Å². The molecule has 21 heavy (non-hydrogen) atoms. The van der Waals surface area contributed by atoms with Crippen LogP contribution in [0.4, 0.5) is 0 Å². The average molecular weight is 272 g/mol. The van der Waals surface area contributed by atoms with Crippen LogP contribution in [0.2, 0.25) is 0 Å². The molecule has 0 saturated carbocycles. The van der Waals surface area contributed by atoms with Gasteiger partial charge in [-0.2, -0.15) is 26.1 Å². The molecule has 0 N–H and O–H groups in total. The second kappa shape index (κ2) is 5.17. The molecular formula is C15H8N6. The highest BCUT2D eigenvalue weighted by atomic mass is 15.3. The molecule has 0 aliphatic carbocycles. The SMILES string of the molecule is Cc1nn(-c2cc(C#N)c(C#N)cc2C#N)c(C)c1C#N. The van der Waals surface area contributed by atoms with E-state index in [1.807, 2.05) is 18.2 Å². The summed E-state index contributed by atoms with van der Waals surface area (Å²) in [5.74, 6) is 0. The minimum atomic E-state index is 0.139. The standard InChI is InChI=1S/C15H8N6/c1-9-14(8-19)10(2)21(20-9)15-4-12(6-17)11(5-16)3-13(15)7-18/h3-4H,1-2H3. The van der Waals surface area contributed by atoms with Crippen molar-refractivity contribution in [3.63, 3.8) is 0 Å². The lowest BCUT2D eigenvalue weighted by atomic mass is 10.0. The second-order valence-corrected chi connectivity index (χ2v) is 4.32. The molecule has 6 heteroatoms. The molecule has 0 atom stereocenters. The Morgan fingerprint density at radius 3 is 1.90 bits per heavy atom. The number of aryl methyl sites for hydroxylation is 1. The van der Waals surface area contributed by atoms with E-state index in [2.05, 4.69) is 11.2 Å². The smallest absolute Gasteiger partial charge is 0.103 e. The number of nitrogens with zero attached hydrogens (tertiary/aromatic N) is 6. The summed E-state index contributed by atoms with van der Waals surface area (Å²) >= 11 is 0. The first-order valence-corrected chi connectivity index (χ1v) is 5.92. The molecule has 2 aromatic rings. The molecule has 1 aromatic carbocycles. The fourth-order valence-electron chi connectivity index (χ4n) is 2.08. The van der Waals surface area contributed by atoms with Crippen molar-refractivity contribution < 1.29 is 0 Å². The Hall–Kier alpha value is -3.61. The van der Waals surface area contributed by atoms with Gasteiger partial charge in [0.15, 0.2) is 0 Å². The molecule has 0 aliphatic heterocycles. The van der Waals surface area contributed by atoms with Crippen LogP contribution in [0, 0.1) is 59.2 Å². The molecule has 6 nitrogen and oxygen atoms in total. The van der Waals surface area contributed by atoms with Crippen molar-refractivity contribution in [2.45, 2.75) is 13.8 Å². The molecular weight excluding hydrogens is 264 g/mol. The summed E-state index contributed by atoms with van der Waals surface area (Å²) in [7, 11) is 0. The van der Waals surface area contributed by atoms with E-state index in [-0.39, 0.29) is 16.7 Å². The lowest BCUT2D eigenvalue weighted by Crippen LogP contribution is -2.04. The maximum atomic E-state index is 9.24. The van der Waals surface area contributed by atoms with Crippen molar-refractivity contribution in [3.05, 3.63) is 45.8 Å². The van der Waals surface area contributed by atoms with Gasteiger partial charge in [0, 0.05) is 0 Å². The van der Waals surface area contributed by atoms with Gasteiger partial charge >= 0.3 is 0 Å². The summed E-state index contributed by atoms with van der Waals surface area (Å²) in [6, 6.07) is 10.7. The Labute approximate surface area is 121 Å². The van der Waals surface area contributed by atoms with Crippen LogP contribution < -0.4 is 0 Å². The van der Waals surface area contributed by atoms with Crippen molar-refractivity contribution in [2.24, 2.45) is 0 Å². The van der Waals surface area contributed by atoms with Gasteiger partial charge in [-0.25, -0.2) is 4.68 Å². The predicted octanol–water partition coefficient (Wildman–Crippen LogP) is 1.98. The summed E-state index contributed by atoms with van der Waals surface area (Å²) in [6.07, 6.45) is 0. The predicted molar refractivity (Wildman–Crippen MR) is 71.9 cm³/mol. The topological polar surface area (TPSA) is 113 Å². The fraction of sp³-hybridized carbons (Fsp3) is 0.133. The zero-order valence-corrected chi connectivity index (χ0v) is 11.3. The minimum Gasteiger partial charge on any atom is -0.235 e. The Bertz CT molecular complexity index is 906. The van der Waals surface area contributed by atoms with E-state index in [0.29, 0.717) is 22.6 Å². The molecule has 2 rings (SSSR count). The summed E-state index contributed by atoms with van der Waals surface area (Å²) in [5.41, 5.74) is 2.47. The van der Waals surface area contributed by atoms with Crippen LogP contribution in [-0.4, -0.2) is 9.78 Å². The highest BCUT2D eigenvalue weighted by Crippen LogP contribution is 2.23. The zero-order chi connectivity index (χ0) is 15.6. The molecule has 0 amide bonds. The number of benzene rings is 1. The molecule has 0 unspecified atom stereocenters. The molecule has 98 valence electrons. The van der Waals surface area contributed by atoms with Gasteiger partial charge in [0.2, 0.25) is 0 Å². The molecule has 1 heterocycles. The minimum absolute atomic E-state index is 0.139. The quantitative estimate of drug-likeness (QED) is 0.787. The molecule has 0 aliphatic rings. The van der Waals surface area contributed by atoms with Crippen LogP contribution in [0.3, 0.4) is 0 Å². The molecule has 1 aromatic heterocycles. The molecule has 0 saturated heterocycles. The normalized spacial score (nSPS) is 9.24. The Morgan fingerprint density at radius 2 is 1.43 bits per heavy atom. The van der Waals surface area contributed by atoms with E-state index in [0.717, 1.165) is 0 Å². The highest BCUT2D eigenvalue weighted by Gasteiger charge is 2.17. The van der Waals surface area contributed by atoms with Crippen LogP contribution in [0.1, 0.15) is 33.6 Å². The van der Waals surface area contributed by atoms with Crippen LogP contribution in [0.25, 0.3) is 5.69 Å². The average Bonchev–Trinajstić information content (AvgIpc) is 2.79.